The molecule has 1 aromatic carbocycles. The van der Waals surface area contributed by atoms with Crippen LogP contribution in [-0.2, 0) is 10.0 Å². The number of rotatable bonds is 6. The summed E-state index contributed by atoms with van der Waals surface area (Å²) in [5.41, 5.74) is 0.520. The summed E-state index contributed by atoms with van der Waals surface area (Å²) in [5.74, 6) is 0.321. The topological polar surface area (TPSA) is 114 Å². The van der Waals surface area contributed by atoms with Crippen LogP contribution in [0.4, 0.5) is 0 Å². The molecule has 2 rings (SSSR count). The molecule has 0 N–H and O–H groups in total. The van der Waals surface area contributed by atoms with Crippen LogP contribution in [-0.4, -0.2) is 53.6 Å². The summed E-state index contributed by atoms with van der Waals surface area (Å²) < 4.78 is 32.5. The summed E-state index contributed by atoms with van der Waals surface area (Å²) in [7, 11) is -0.834. The number of ether oxygens (including phenoxy) is 1. The predicted octanol–water partition coefficient (Wildman–Crippen LogP) is 0.205. The number of methoxy groups -OCH3 is 1. The Hall–Kier alpha value is -2.51. The second-order valence-electron chi connectivity index (χ2n) is 4.32. The quantitative estimate of drug-likeness (QED) is 0.746. The molecule has 0 aliphatic heterocycles. The smallest absolute Gasteiger partial charge is 0.242 e. The molecule has 0 amide bonds. The molecule has 0 aliphatic rings. The van der Waals surface area contributed by atoms with E-state index in [-0.39, 0.29) is 17.9 Å². The van der Waals surface area contributed by atoms with Crippen molar-refractivity contribution in [1.82, 2.24) is 24.5 Å². The van der Waals surface area contributed by atoms with Gasteiger partial charge in [-0.05, 0) is 22.6 Å². The lowest BCUT2D eigenvalue weighted by atomic mass is 10.3. The SMILES string of the molecule is COc1cc(S(=O)(=O)N(C)CCC#N)ccc1-n1cnnn1. The molecule has 22 heavy (non-hydrogen) atoms. The van der Waals surface area contributed by atoms with Gasteiger partial charge in [0.1, 0.15) is 17.8 Å². The first-order chi connectivity index (χ1) is 10.5. The van der Waals surface area contributed by atoms with Gasteiger partial charge < -0.3 is 4.74 Å². The molecule has 9 nitrogen and oxygen atoms in total. The van der Waals surface area contributed by atoms with E-state index in [0.717, 1.165) is 4.31 Å². The van der Waals surface area contributed by atoms with Crippen LogP contribution >= 0.6 is 0 Å². The van der Waals surface area contributed by atoms with Crippen LogP contribution in [0.5, 0.6) is 5.75 Å². The van der Waals surface area contributed by atoms with Crippen molar-refractivity contribution in [3.63, 3.8) is 0 Å². The van der Waals surface area contributed by atoms with Crippen LogP contribution in [0.1, 0.15) is 6.42 Å². The van der Waals surface area contributed by atoms with Crippen LogP contribution in [0.3, 0.4) is 0 Å². The Kier molecular flexibility index (Phi) is 4.69. The zero-order valence-electron chi connectivity index (χ0n) is 12.0. The third-order valence-corrected chi connectivity index (χ3v) is 4.85. The van der Waals surface area contributed by atoms with Crippen LogP contribution in [0.15, 0.2) is 29.4 Å². The summed E-state index contributed by atoms with van der Waals surface area (Å²) in [6.07, 6.45) is 1.50. The molecule has 0 atom stereocenters. The Labute approximate surface area is 127 Å². The number of sulfonamides is 1. The number of benzene rings is 1. The highest BCUT2D eigenvalue weighted by molar-refractivity contribution is 7.89. The normalized spacial score (nSPS) is 11.4. The molecule has 0 aliphatic carbocycles. The minimum atomic E-state index is -3.69. The Morgan fingerprint density at radius 1 is 1.45 bits per heavy atom. The van der Waals surface area contributed by atoms with E-state index < -0.39 is 10.0 Å². The number of tetrazole rings is 1. The van der Waals surface area contributed by atoms with Crippen molar-refractivity contribution in [2.24, 2.45) is 0 Å². The van der Waals surface area contributed by atoms with Crippen molar-refractivity contribution in [2.75, 3.05) is 20.7 Å². The maximum Gasteiger partial charge on any atom is 0.242 e. The largest absolute Gasteiger partial charge is 0.494 e. The van der Waals surface area contributed by atoms with E-state index in [1.54, 1.807) is 6.07 Å². The van der Waals surface area contributed by atoms with Gasteiger partial charge >= 0.3 is 0 Å². The summed E-state index contributed by atoms with van der Waals surface area (Å²) in [6.45, 7) is 0.121. The molecular formula is C12H14N6O3S. The predicted molar refractivity (Wildman–Crippen MR) is 75.8 cm³/mol. The molecular weight excluding hydrogens is 308 g/mol. The summed E-state index contributed by atoms with van der Waals surface area (Å²) in [5, 5.41) is 19.4. The first-order valence-corrected chi connectivity index (χ1v) is 7.69. The van der Waals surface area contributed by atoms with Gasteiger partial charge in [0.15, 0.2) is 0 Å². The monoisotopic (exact) mass is 322 g/mol. The minimum absolute atomic E-state index is 0.0709. The van der Waals surface area contributed by atoms with Gasteiger partial charge in [-0.25, -0.2) is 8.42 Å². The van der Waals surface area contributed by atoms with Gasteiger partial charge in [0.25, 0.3) is 0 Å². The lowest BCUT2D eigenvalue weighted by Crippen LogP contribution is -2.27. The third-order valence-electron chi connectivity index (χ3n) is 2.99. The van der Waals surface area contributed by atoms with Crippen molar-refractivity contribution in [1.29, 1.82) is 5.26 Å². The molecule has 10 heteroatoms. The van der Waals surface area contributed by atoms with Crippen molar-refractivity contribution in [3.8, 4) is 17.5 Å². The molecule has 1 aromatic heterocycles. The Morgan fingerprint density at radius 3 is 2.82 bits per heavy atom. The lowest BCUT2D eigenvalue weighted by Gasteiger charge is -2.17. The van der Waals surface area contributed by atoms with Crippen LogP contribution in [0.25, 0.3) is 5.69 Å². The molecule has 2 aromatic rings. The molecule has 0 radical (unpaired) electrons. The Morgan fingerprint density at radius 2 is 2.23 bits per heavy atom. The summed E-state index contributed by atoms with van der Waals surface area (Å²) in [4.78, 5) is 0.0709. The van der Waals surface area contributed by atoms with E-state index in [1.807, 2.05) is 6.07 Å². The number of nitrogens with zero attached hydrogens (tertiary/aromatic N) is 6. The highest BCUT2D eigenvalue weighted by Crippen LogP contribution is 2.26. The molecule has 0 spiro atoms. The van der Waals surface area contributed by atoms with Crippen molar-refractivity contribution in [2.45, 2.75) is 11.3 Å². The molecule has 0 saturated heterocycles. The standard InChI is InChI=1S/C12H14N6O3S/c1-17(7-3-6-13)22(19,20)10-4-5-11(12(8-10)21-2)18-9-14-15-16-18/h4-5,8-9H,3,7H2,1-2H3. The molecule has 0 bridgehead atoms. The third kappa shape index (κ3) is 3.05. The number of hydrogen-bond donors (Lipinski definition) is 0. The number of hydrogen-bond acceptors (Lipinski definition) is 7. The van der Waals surface area contributed by atoms with E-state index in [0.29, 0.717) is 11.4 Å². The second kappa shape index (κ2) is 6.50. The van der Waals surface area contributed by atoms with E-state index in [9.17, 15) is 8.42 Å². The highest BCUT2D eigenvalue weighted by atomic mass is 32.2. The molecule has 0 fully saturated rings. The number of nitriles is 1. The maximum absolute atomic E-state index is 12.4. The second-order valence-corrected chi connectivity index (χ2v) is 6.37. The van der Waals surface area contributed by atoms with Gasteiger partial charge in [-0.2, -0.15) is 14.2 Å². The van der Waals surface area contributed by atoms with Gasteiger partial charge in [0.05, 0.1) is 18.1 Å². The van der Waals surface area contributed by atoms with E-state index in [1.165, 1.54) is 37.3 Å². The van der Waals surface area contributed by atoms with Crippen LogP contribution in [0.2, 0.25) is 0 Å². The molecule has 0 unspecified atom stereocenters. The maximum atomic E-state index is 12.4. The molecule has 1 heterocycles. The van der Waals surface area contributed by atoms with Crippen LogP contribution < -0.4 is 4.74 Å². The van der Waals surface area contributed by atoms with Crippen molar-refractivity contribution in [3.05, 3.63) is 24.5 Å². The average molecular weight is 322 g/mol. The van der Waals surface area contributed by atoms with Gasteiger partial charge in [-0.15, -0.1) is 5.10 Å². The van der Waals surface area contributed by atoms with Crippen LogP contribution in [0, 0.1) is 11.3 Å². The van der Waals surface area contributed by atoms with Gasteiger partial charge in [0.2, 0.25) is 10.0 Å². The first kappa shape index (κ1) is 15.9. The average Bonchev–Trinajstić information content (AvgIpc) is 3.05. The Balaban J connectivity index is 2.40. The van der Waals surface area contributed by atoms with E-state index >= 15 is 0 Å². The van der Waals surface area contributed by atoms with Gasteiger partial charge in [-0.3, -0.25) is 0 Å². The van der Waals surface area contributed by atoms with Gasteiger partial charge in [0, 0.05) is 26.1 Å². The number of aromatic nitrogens is 4. The zero-order valence-corrected chi connectivity index (χ0v) is 12.9. The molecule has 116 valence electrons. The lowest BCUT2D eigenvalue weighted by molar-refractivity contribution is 0.409. The fourth-order valence-electron chi connectivity index (χ4n) is 1.79. The summed E-state index contributed by atoms with van der Waals surface area (Å²) >= 11 is 0. The first-order valence-electron chi connectivity index (χ1n) is 6.25. The van der Waals surface area contributed by atoms with Crippen molar-refractivity contribution < 1.29 is 13.2 Å². The van der Waals surface area contributed by atoms with Gasteiger partial charge in [-0.1, -0.05) is 0 Å². The molecule has 0 saturated carbocycles. The van der Waals surface area contributed by atoms with E-state index in [2.05, 4.69) is 15.5 Å². The summed E-state index contributed by atoms with van der Waals surface area (Å²) in [6, 6.07) is 6.31. The Bertz CT molecular complexity index is 782. The van der Waals surface area contributed by atoms with E-state index in [4.69, 9.17) is 10.00 Å². The van der Waals surface area contributed by atoms with Crippen molar-refractivity contribution >= 4 is 10.0 Å². The zero-order chi connectivity index (χ0) is 16.2. The fourth-order valence-corrected chi connectivity index (χ4v) is 2.97. The highest BCUT2D eigenvalue weighted by Gasteiger charge is 2.22. The fraction of sp³-hybridized carbons (Fsp3) is 0.333. The minimum Gasteiger partial charge on any atom is -0.494 e.